The summed E-state index contributed by atoms with van der Waals surface area (Å²) >= 11 is 0. The first-order valence-corrected chi connectivity index (χ1v) is 12.2. The first-order chi connectivity index (χ1) is 13.9. The van der Waals surface area contributed by atoms with E-state index in [0.717, 1.165) is 71.7 Å². The Morgan fingerprint density at radius 1 is 0.500 bits per heavy atom. The molecule has 0 N–H and O–H groups in total. The van der Waals surface area contributed by atoms with Crippen LogP contribution in [0.2, 0.25) is 0 Å². The molecule has 2 rings (SSSR count). The summed E-state index contributed by atoms with van der Waals surface area (Å²) in [4.78, 5) is 0. The normalized spacial score (nSPS) is 19.3. The Kier molecular flexibility index (Phi) is 15.2. The molecule has 165 valence electrons. The van der Waals surface area contributed by atoms with Gasteiger partial charge in [-0.2, -0.15) is 0 Å². The Labute approximate surface area is 174 Å². The summed E-state index contributed by atoms with van der Waals surface area (Å²) in [7, 11) is 0. The van der Waals surface area contributed by atoms with Crippen molar-refractivity contribution < 1.29 is 18.9 Å². The molecule has 0 saturated heterocycles. The van der Waals surface area contributed by atoms with Crippen molar-refractivity contribution in [2.75, 3.05) is 39.6 Å². The predicted octanol–water partition coefficient (Wildman–Crippen LogP) is 5.87. The molecule has 0 unspecified atom stereocenters. The van der Waals surface area contributed by atoms with Crippen LogP contribution in [-0.4, -0.2) is 51.8 Å². The zero-order valence-electron chi connectivity index (χ0n) is 18.2. The molecule has 2 fully saturated rings. The number of rotatable bonds is 17. The van der Waals surface area contributed by atoms with E-state index in [9.17, 15) is 0 Å². The van der Waals surface area contributed by atoms with Crippen LogP contribution < -0.4 is 0 Å². The Bertz CT molecular complexity index is 293. The zero-order chi connectivity index (χ0) is 19.5. The molecule has 28 heavy (non-hydrogen) atoms. The number of unbranched alkanes of at least 4 members (excludes halogenated alkanes) is 4. The van der Waals surface area contributed by atoms with E-state index in [1.165, 1.54) is 64.2 Å². The SMILES string of the molecule is [CH](CCCOCCCCOC1CCCCC1)CCOCCOC1CCCCC1. The van der Waals surface area contributed by atoms with E-state index in [1.54, 1.807) is 0 Å². The van der Waals surface area contributed by atoms with Crippen molar-refractivity contribution in [3.63, 3.8) is 0 Å². The van der Waals surface area contributed by atoms with Crippen LogP contribution in [0.4, 0.5) is 0 Å². The van der Waals surface area contributed by atoms with Gasteiger partial charge in [0.15, 0.2) is 0 Å². The van der Waals surface area contributed by atoms with Crippen molar-refractivity contribution in [3.8, 4) is 0 Å². The third-order valence-electron chi connectivity index (χ3n) is 5.89. The van der Waals surface area contributed by atoms with Crippen molar-refractivity contribution >= 4 is 0 Å². The van der Waals surface area contributed by atoms with Crippen LogP contribution in [0.15, 0.2) is 0 Å². The second kappa shape index (κ2) is 17.7. The van der Waals surface area contributed by atoms with Crippen molar-refractivity contribution in [1.29, 1.82) is 0 Å². The Balaban J connectivity index is 1.20. The molecule has 0 aromatic rings. The lowest BCUT2D eigenvalue weighted by atomic mass is 9.98. The third kappa shape index (κ3) is 13.1. The molecule has 4 heteroatoms. The van der Waals surface area contributed by atoms with Crippen molar-refractivity contribution in [2.45, 2.75) is 109 Å². The summed E-state index contributed by atoms with van der Waals surface area (Å²) in [6.45, 7) is 4.96. The van der Waals surface area contributed by atoms with Gasteiger partial charge >= 0.3 is 0 Å². The minimum Gasteiger partial charge on any atom is -0.381 e. The van der Waals surface area contributed by atoms with Crippen LogP contribution in [0, 0.1) is 6.42 Å². The van der Waals surface area contributed by atoms with Gasteiger partial charge in [0.25, 0.3) is 0 Å². The Hall–Kier alpha value is -0.160. The molecule has 0 aromatic carbocycles. The average molecular weight is 398 g/mol. The molecule has 0 atom stereocenters. The van der Waals surface area contributed by atoms with Gasteiger partial charge in [-0.25, -0.2) is 0 Å². The summed E-state index contributed by atoms with van der Waals surface area (Å²) in [5.74, 6) is 0. The minimum atomic E-state index is 0.494. The maximum atomic E-state index is 5.94. The maximum Gasteiger partial charge on any atom is 0.0704 e. The zero-order valence-corrected chi connectivity index (χ0v) is 18.2. The highest BCUT2D eigenvalue weighted by molar-refractivity contribution is 4.66. The standard InChI is InChI=1S/C24H45O4/c1(2-10-18-26-21-22-28-24-15-7-4-8-16-24)9-17-25-19-11-12-20-27-23-13-5-3-6-14-23/h2,23-24H,1,3-22H2. The molecule has 2 saturated carbocycles. The van der Waals surface area contributed by atoms with Crippen LogP contribution >= 0.6 is 0 Å². The molecule has 2 aliphatic rings. The van der Waals surface area contributed by atoms with Crippen LogP contribution in [0.25, 0.3) is 0 Å². The lowest BCUT2D eigenvalue weighted by molar-refractivity contribution is -0.00971. The van der Waals surface area contributed by atoms with E-state index in [0.29, 0.717) is 12.2 Å². The molecule has 1 radical (unpaired) electrons. The fourth-order valence-electron chi connectivity index (χ4n) is 4.14. The minimum absolute atomic E-state index is 0.494. The highest BCUT2D eigenvalue weighted by Gasteiger charge is 2.13. The summed E-state index contributed by atoms with van der Waals surface area (Å²) in [5.41, 5.74) is 0. The van der Waals surface area contributed by atoms with Gasteiger partial charge in [0.05, 0.1) is 25.4 Å². The van der Waals surface area contributed by atoms with Gasteiger partial charge in [0, 0.05) is 26.4 Å². The van der Waals surface area contributed by atoms with E-state index in [4.69, 9.17) is 18.9 Å². The summed E-state index contributed by atoms with van der Waals surface area (Å²) in [6.07, 6.45) is 22.0. The van der Waals surface area contributed by atoms with Gasteiger partial charge in [-0.05, 0) is 64.2 Å². The molecule has 2 aliphatic carbocycles. The van der Waals surface area contributed by atoms with Crippen molar-refractivity contribution in [3.05, 3.63) is 6.42 Å². The second-order valence-corrected chi connectivity index (χ2v) is 8.41. The Morgan fingerprint density at radius 2 is 1.07 bits per heavy atom. The van der Waals surface area contributed by atoms with Gasteiger partial charge in [0.2, 0.25) is 0 Å². The topological polar surface area (TPSA) is 36.9 Å². The van der Waals surface area contributed by atoms with Gasteiger partial charge in [0.1, 0.15) is 0 Å². The number of hydrogen-bond acceptors (Lipinski definition) is 4. The summed E-state index contributed by atoms with van der Waals surface area (Å²) in [5, 5.41) is 0. The first-order valence-electron chi connectivity index (χ1n) is 12.2. The molecule has 0 spiro atoms. The second-order valence-electron chi connectivity index (χ2n) is 8.41. The lowest BCUT2D eigenvalue weighted by Gasteiger charge is -2.21. The average Bonchev–Trinajstić information content (AvgIpc) is 2.75. The van der Waals surface area contributed by atoms with Crippen LogP contribution in [0.5, 0.6) is 0 Å². The predicted molar refractivity (Wildman–Crippen MR) is 115 cm³/mol. The highest BCUT2D eigenvalue weighted by atomic mass is 16.5. The van der Waals surface area contributed by atoms with Crippen molar-refractivity contribution in [1.82, 2.24) is 0 Å². The van der Waals surface area contributed by atoms with Crippen LogP contribution in [-0.2, 0) is 18.9 Å². The fourth-order valence-corrected chi connectivity index (χ4v) is 4.14. The van der Waals surface area contributed by atoms with E-state index in [-0.39, 0.29) is 0 Å². The van der Waals surface area contributed by atoms with E-state index in [1.807, 2.05) is 0 Å². The summed E-state index contributed by atoms with van der Waals surface area (Å²) in [6, 6.07) is 0. The van der Waals surface area contributed by atoms with Crippen LogP contribution in [0.1, 0.15) is 96.3 Å². The van der Waals surface area contributed by atoms with Gasteiger partial charge in [-0.15, -0.1) is 0 Å². The quantitative estimate of drug-likeness (QED) is 0.288. The van der Waals surface area contributed by atoms with E-state index >= 15 is 0 Å². The Morgan fingerprint density at radius 3 is 1.79 bits per heavy atom. The van der Waals surface area contributed by atoms with Crippen molar-refractivity contribution in [2.24, 2.45) is 0 Å². The van der Waals surface area contributed by atoms with Gasteiger partial charge < -0.3 is 18.9 Å². The molecule has 0 aromatic heterocycles. The third-order valence-corrected chi connectivity index (χ3v) is 5.89. The number of hydrogen-bond donors (Lipinski definition) is 0. The monoisotopic (exact) mass is 397 g/mol. The fraction of sp³-hybridized carbons (Fsp3) is 0.958. The lowest BCUT2D eigenvalue weighted by Crippen LogP contribution is -2.19. The first kappa shape index (κ1) is 24.1. The van der Waals surface area contributed by atoms with Crippen LogP contribution in [0.3, 0.4) is 0 Å². The molecular weight excluding hydrogens is 352 g/mol. The summed E-state index contributed by atoms with van der Waals surface area (Å²) < 4.78 is 23.2. The molecule has 0 heterocycles. The molecule has 4 nitrogen and oxygen atoms in total. The molecule has 0 amide bonds. The highest BCUT2D eigenvalue weighted by Crippen LogP contribution is 2.21. The van der Waals surface area contributed by atoms with E-state index in [2.05, 4.69) is 6.42 Å². The van der Waals surface area contributed by atoms with E-state index < -0.39 is 0 Å². The van der Waals surface area contributed by atoms with Gasteiger partial charge in [-0.1, -0.05) is 38.5 Å². The molecule has 0 aliphatic heterocycles. The largest absolute Gasteiger partial charge is 0.381 e. The maximum absolute atomic E-state index is 5.94. The van der Waals surface area contributed by atoms with Gasteiger partial charge in [-0.3, -0.25) is 0 Å². The molecular formula is C24H45O4. The number of ether oxygens (including phenoxy) is 4. The smallest absolute Gasteiger partial charge is 0.0704 e. The molecule has 0 bridgehead atoms.